The Kier molecular flexibility index (Phi) is 4.87. The lowest BCUT2D eigenvalue weighted by molar-refractivity contribution is 0.0948. The monoisotopic (exact) mass is 339 g/mol. The molecule has 1 aromatic heterocycles. The number of hydrogen-bond acceptors (Lipinski definition) is 3. The summed E-state index contributed by atoms with van der Waals surface area (Å²) in [6.45, 7) is 0.500. The Morgan fingerprint density at radius 3 is 2.74 bits per heavy atom. The molecule has 0 bridgehead atoms. The van der Waals surface area contributed by atoms with Crippen molar-refractivity contribution in [3.63, 3.8) is 0 Å². The van der Waals surface area contributed by atoms with E-state index in [9.17, 15) is 4.79 Å². The molecular weight excluding hydrogens is 330 g/mol. The summed E-state index contributed by atoms with van der Waals surface area (Å²) >= 11 is 9.20. The van der Waals surface area contributed by atoms with Gasteiger partial charge in [0.1, 0.15) is 10.3 Å². The zero-order chi connectivity index (χ0) is 13.7. The van der Waals surface area contributed by atoms with Crippen molar-refractivity contribution in [1.29, 1.82) is 0 Å². The maximum absolute atomic E-state index is 11.8. The molecule has 0 saturated heterocycles. The number of halogens is 2. The van der Waals surface area contributed by atoms with Gasteiger partial charge in [-0.1, -0.05) is 29.8 Å². The Labute approximate surface area is 124 Å². The molecule has 98 valence electrons. The lowest BCUT2D eigenvalue weighted by Gasteiger charge is -2.06. The lowest BCUT2D eigenvalue weighted by atomic mass is 10.1. The van der Waals surface area contributed by atoms with Crippen molar-refractivity contribution in [2.75, 3.05) is 6.54 Å². The largest absolute Gasteiger partial charge is 0.350 e. The standard InChI is InChI=1S/C13H11BrClN3O/c14-12-8-17-11(7-18-12)13(19)16-6-5-9-3-1-2-4-10(9)15/h1-4,7-8H,5-6H2,(H,16,19). The Morgan fingerprint density at radius 2 is 2.05 bits per heavy atom. The number of nitrogens with zero attached hydrogens (tertiary/aromatic N) is 2. The molecule has 1 N–H and O–H groups in total. The fraction of sp³-hybridized carbons (Fsp3) is 0.154. The third-order valence-corrected chi connectivity index (χ3v) is 3.27. The summed E-state index contributed by atoms with van der Waals surface area (Å²) in [7, 11) is 0. The second-order valence-corrected chi connectivity index (χ2v) is 5.04. The quantitative estimate of drug-likeness (QED) is 0.931. The normalized spacial score (nSPS) is 10.2. The molecule has 1 amide bonds. The average molecular weight is 341 g/mol. The van der Waals surface area contributed by atoms with E-state index < -0.39 is 0 Å². The van der Waals surface area contributed by atoms with Crippen LogP contribution in [0.4, 0.5) is 0 Å². The van der Waals surface area contributed by atoms with Gasteiger partial charge < -0.3 is 5.32 Å². The van der Waals surface area contributed by atoms with Crippen molar-refractivity contribution in [3.8, 4) is 0 Å². The predicted molar refractivity (Wildman–Crippen MR) is 77.2 cm³/mol. The molecule has 0 fully saturated rings. The molecule has 0 aliphatic heterocycles. The zero-order valence-corrected chi connectivity index (χ0v) is 12.3. The highest BCUT2D eigenvalue weighted by Crippen LogP contribution is 2.14. The van der Waals surface area contributed by atoms with Crippen molar-refractivity contribution in [2.24, 2.45) is 0 Å². The highest BCUT2D eigenvalue weighted by Gasteiger charge is 2.07. The van der Waals surface area contributed by atoms with Crippen LogP contribution in [0.3, 0.4) is 0 Å². The summed E-state index contributed by atoms with van der Waals surface area (Å²) < 4.78 is 0.597. The topological polar surface area (TPSA) is 54.9 Å². The molecule has 2 aromatic rings. The number of hydrogen-bond donors (Lipinski definition) is 1. The number of carbonyl (C=O) groups is 1. The molecular formula is C13H11BrClN3O. The van der Waals surface area contributed by atoms with Gasteiger partial charge in [0.2, 0.25) is 0 Å². The summed E-state index contributed by atoms with van der Waals surface area (Å²) in [4.78, 5) is 19.7. The Hall–Kier alpha value is -1.46. The van der Waals surface area contributed by atoms with E-state index in [0.717, 1.165) is 5.56 Å². The number of rotatable bonds is 4. The third kappa shape index (κ3) is 4.01. The first-order valence-electron chi connectivity index (χ1n) is 5.66. The third-order valence-electron chi connectivity index (χ3n) is 2.49. The second-order valence-electron chi connectivity index (χ2n) is 3.82. The maximum atomic E-state index is 11.8. The smallest absolute Gasteiger partial charge is 0.271 e. The minimum Gasteiger partial charge on any atom is -0.350 e. The molecule has 4 nitrogen and oxygen atoms in total. The van der Waals surface area contributed by atoms with Crippen LogP contribution in [-0.4, -0.2) is 22.4 Å². The molecule has 1 heterocycles. The number of nitrogens with one attached hydrogen (secondary N) is 1. The summed E-state index contributed by atoms with van der Waals surface area (Å²) in [6, 6.07) is 7.57. The van der Waals surface area contributed by atoms with Crippen molar-refractivity contribution in [2.45, 2.75) is 6.42 Å². The fourth-order valence-corrected chi connectivity index (χ4v) is 1.97. The van der Waals surface area contributed by atoms with Gasteiger partial charge in [-0.2, -0.15) is 0 Å². The maximum Gasteiger partial charge on any atom is 0.271 e. The van der Waals surface area contributed by atoms with Crippen LogP contribution in [0.25, 0.3) is 0 Å². The molecule has 0 radical (unpaired) electrons. The van der Waals surface area contributed by atoms with E-state index in [0.29, 0.717) is 28.3 Å². The van der Waals surface area contributed by atoms with Crippen molar-refractivity contribution < 1.29 is 4.79 Å². The molecule has 0 aliphatic rings. The van der Waals surface area contributed by atoms with Crippen LogP contribution in [0, 0.1) is 0 Å². The van der Waals surface area contributed by atoms with E-state index >= 15 is 0 Å². The molecule has 0 unspecified atom stereocenters. The van der Waals surface area contributed by atoms with Gasteiger partial charge in [-0.3, -0.25) is 4.79 Å². The first kappa shape index (κ1) is 14.0. The van der Waals surface area contributed by atoms with Gasteiger partial charge in [-0.15, -0.1) is 0 Å². The fourth-order valence-electron chi connectivity index (χ4n) is 1.53. The molecule has 0 spiro atoms. The summed E-state index contributed by atoms with van der Waals surface area (Å²) in [5, 5.41) is 3.49. The molecule has 0 saturated carbocycles. The molecule has 0 aliphatic carbocycles. The van der Waals surface area contributed by atoms with Gasteiger partial charge in [0.15, 0.2) is 0 Å². The lowest BCUT2D eigenvalue weighted by Crippen LogP contribution is -2.26. The molecule has 0 atom stereocenters. The minimum atomic E-state index is -0.243. The van der Waals surface area contributed by atoms with E-state index in [4.69, 9.17) is 11.6 Å². The van der Waals surface area contributed by atoms with Gasteiger partial charge in [-0.25, -0.2) is 9.97 Å². The second kappa shape index (κ2) is 6.63. The van der Waals surface area contributed by atoms with Crippen LogP contribution in [0.15, 0.2) is 41.3 Å². The highest BCUT2D eigenvalue weighted by molar-refractivity contribution is 9.10. The van der Waals surface area contributed by atoms with Crippen molar-refractivity contribution in [3.05, 3.63) is 57.5 Å². The van der Waals surface area contributed by atoms with E-state index in [-0.39, 0.29) is 5.91 Å². The number of carbonyl (C=O) groups excluding carboxylic acids is 1. The van der Waals surface area contributed by atoms with Gasteiger partial charge in [0.25, 0.3) is 5.91 Å². The first-order chi connectivity index (χ1) is 9.16. The highest BCUT2D eigenvalue weighted by atomic mass is 79.9. The van der Waals surface area contributed by atoms with Crippen molar-refractivity contribution in [1.82, 2.24) is 15.3 Å². The molecule has 2 rings (SSSR count). The van der Waals surface area contributed by atoms with Crippen LogP contribution >= 0.6 is 27.5 Å². The van der Waals surface area contributed by atoms with Gasteiger partial charge >= 0.3 is 0 Å². The SMILES string of the molecule is O=C(NCCc1ccccc1Cl)c1cnc(Br)cn1. The summed E-state index contributed by atoms with van der Waals surface area (Å²) in [5.74, 6) is -0.243. The van der Waals surface area contributed by atoms with Crippen LogP contribution in [0.2, 0.25) is 5.02 Å². The Balaban J connectivity index is 1.88. The van der Waals surface area contributed by atoms with Crippen LogP contribution in [0.1, 0.15) is 16.1 Å². The van der Waals surface area contributed by atoms with Gasteiger partial charge in [0, 0.05) is 11.6 Å². The van der Waals surface area contributed by atoms with Crippen LogP contribution in [-0.2, 0) is 6.42 Å². The average Bonchev–Trinajstić information content (AvgIpc) is 2.41. The van der Waals surface area contributed by atoms with E-state index in [1.54, 1.807) is 0 Å². The summed E-state index contributed by atoms with van der Waals surface area (Å²) in [6.07, 6.45) is 3.59. The van der Waals surface area contributed by atoms with Crippen molar-refractivity contribution >= 4 is 33.4 Å². The zero-order valence-electron chi connectivity index (χ0n) is 9.94. The van der Waals surface area contributed by atoms with Gasteiger partial charge in [-0.05, 0) is 34.0 Å². The van der Waals surface area contributed by atoms with E-state index in [1.165, 1.54) is 12.4 Å². The van der Waals surface area contributed by atoms with Crippen LogP contribution in [0.5, 0.6) is 0 Å². The number of aromatic nitrogens is 2. The van der Waals surface area contributed by atoms with Gasteiger partial charge in [0.05, 0.1) is 12.4 Å². The Morgan fingerprint density at radius 1 is 1.26 bits per heavy atom. The first-order valence-corrected chi connectivity index (χ1v) is 6.83. The molecule has 19 heavy (non-hydrogen) atoms. The minimum absolute atomic E-state index is 0.243. The summed E-state index contributed by atoms with van der Waals surface area (Å²) in [5.41, 5.74) is 1.30. The van der Waals surface area contributed by atoms with E-state index in [1.807, 2.05) is 24.3 Å². The molecule has 6 heteroatoms. The number of benzene rings is 1. The Bertz CT molecular complexity index is 574. The van der Waals surface area contributed by atoms with E-state index in [2.05, 4.69) is 31.2 Å². The molecule has 1 aromatic carbocycles. The predicted octanol–water partition coefficient (Wildman–Crippen LogP) is 2.87. The van der Waals surface area contributed by atoms with Crippen LogP contribution < -0.4 is 5.32 Å². The number of amides is 1.